The van der Waals surface area contributed by atoms with Crippen LogP contribution in [0.5, 0.6) is 0 Å². The molecule has 2 rings (SSSR count). The molecule has 0 spiro atoms. The molecule has 2 aromatic rings. The lowest BCUT2D eigenvalue weighted by Gasteiger charge is -2.01. The van der Waals surface area contributed by atoms with Crippen LogP contribution in [0.15, 0.2) is 18.3 Å². The summed E-state index contributed by atoms with van der Waals surface area (Å²) in [5.41, 5.74) is 7.50. The van der Waals surface area contributed by atoms with Crippen molar-refractivity contribution in [3.63, 3.8) is 0 Å². The Morgan fingerprint density at radius 1 is 1.44 bits per heavy atom. The molecule has 86 valence electrons. The lowest BCUT2D eigenvalue weighted by Crippen LogP contribution is -2.00. The normalized spacial score (nSPS) is 11.1. The van der Waals surface area contributed by atoms with E-state index in [4.69, 9.17) is 10.5 Å². The number of pyridine rings is 1. The van der Waals surface area contributed by atoms with Crippen molar-refractivity contribution in [3.05, 3.63) is 29.7 Å². The summed E-state index contributed by atoms with van der Waals surface area (Å²) in [5, 5.41) is 8.28. The third-order valence-corrected chi connectivity index (χ3v) is 2.53. The van der Waals surface area contributed by atoms with Gasteiger partial charge in [-0.2, -0.15) is 0 Å². The first-order valence-electron chi connectivity index (χ1n) is 5.36. The Kier molecular flexibility index (Phi) is 3.48. The van der Waals surface area contributed by atoms with Crippen LogP contribution in [0, 0.1) is 0 Å². The fourth-order valence-corrected chi connectivity index (χ4v) is 1.65. The van der Waals surface area contributed by atoms with Gasteiger partial charge in [-0.3, -0.25) is 4.40 Å². The summed E-state index contributed by atoms with van der Waals surface area (Å²) < 4.78 is 7.01. The summed E-state index contributed by atoms with van der Waals surface area (Å²) >= 11 is 0. The van der Waals surface area contributed by atoms with Crippen molar-refractivity contribution in [2.75, 3.05) is 13.7 Å². The van der Waals surface area contributed by atoms with Crippen LogP contribution in [0.2, 0.25) is 0 Å². The molecule has 5 nitrogen and oxygen atoms in total. The quantitative estimate of drug-likeness (QED) is 0.756. The van der Waals surface area contributed by atoms with E-state index in [1.807, 2.05) is 22.7 Å². The zero-order valence-electron chi connectivity index (χ0n) is 9.39. The Morgan fingerprint density at radius 2 is 2.31 bits per heavy atom. The molecule has 0 saturated carbocycles. The van der Waals surface area contributed by atoms with Gasteiger partial charge in [0, 0.05) is 32.9 Å². The fraction of sp³-hybridized carbons (Fsp3) is 0.455. The molecule has 2 heterocycles. The van der Waals surface area contributed by atoms with Gasteiger partial charge in [-0.15, -0.1) is 10.2 Å². The number of hydrogen-bond donors (Lipinski definition) is 1. The first-order valence-corrected chi connectivity index (χ1v) is 5.36. The van der Waals surface area contributed by atoms with Crippen molar-refractivity contribution >= 4 is 5.65 Å². The van der Waals surface area contributed by atoms with Crippen LogP contribution in [0.4, 0.5) is 0 Å². The molecule has 5 heteroatoms. The molecule has 0 fully saturated rings. The third-order valence-electron chi connectivity index (χ3n) is 2.53. The van der Waals surface area contributed by atoms with E-state index >= 15 is 0 Å². The highest BCUT2D eigenvalue weighted by Gasteiger charge is 2.05. The van der Waals surface area contributed by atoms with Gasteiger partial charge in [-0.05, 0) is 24.1 Å². The Morgan fingerprint density at radius 3 is 3.06 bits per heavy atom. The minimum atomic E-state index is 0.530. The van der Waals surface area contributed by atoms with Crippen molar-refractivity contribution in [3.8, 4) is 0 Å². The van der Waals surface area contributed by atoms with Gasteiger partial charge in [0.15, 0.2) is 5.65 Å². The van der Waals surface area contributed by atoms with E-state index in [9.17, 15) is 0 Å². The number of methoxy groups -OCH3 is 1. The van der Waals surface area contributed by atoms with Gasteiger partial charge in [0.25, 0.3) is 0 Å². The summed E-state index contributed by atoms with van der Waals surface area (Å²) in [7, 11) is 1.70. The topological polar surface area (TPSA) is 65.4 Å². The molecule has 0 atom stereocenters. The number of aromatic nitrogens is 3. The number of fused-ring (bicyclic) bond motifs is 1. The Bertz CT molecular complexity index is 466. The maximum absolute atomic E-state index is 5.57. The van der Waals surface area contributed by atoms with Crippen LogP contribution >= 0.6 is 0 Å². The summed E-state index contributed by atoms with van der Waals surface area (Å²) in [6.45, 7) is 1.28. The molecule has 0 amide bonds. The van der Waals surface area contributed by atoms with Crippen LogP contribution in [-0.4, -0.2) is 28.3 Å². The monoisotopic (exact) mass is 220 g/mol. The SMILES string of the molecule is COCCCc1nnc2cc(CN)ccn12. The van der Waals surface area contributed by atoms with Crippen molar-refractivity contribution < 1.29 is 4.74 Å². The van der Waals surface area contributed by atoms with E-state index in [1.165, 1.54) is 0 Å². The van der Waals surface area contributed by atoms with Crippen molar-refractivity contribution in [1.29, 1.82) is 0 Å². The highest BCUT2D eigenvalue weighted by molar-refractivity contribution is 5.41. The highest BCUT2D eigenvalue weighted by Crippen LogP contribution is 2.08. The van der Waals surface area contributed by atoms with E-state index in [0.29, 0.717) is 6.54 Å². The summed E-state index contributed by atoms with van der Waals surface area (Å²) in [6.07, 6.45) is 3.80. The molecule has 0 aliphatic rings. The van der Waals surface area contributed by atoms with E-state index in [0.717, 1.165) is 36.5 Å². The van der Waals surface area contributed by atoms with Gasteiger partial charge in [0.2, 0.25) is 0 Å². The summed E-state index contributed by atoms with van der Waals surface area (Å²) in [4.78, 5) is 0. The molecular formula is C11H16N4O. The second kappa shape index (κ2) is 5.05. The van der Waals surface area contributed by atoms with Gasteiger partial charge in [0.05, 0.1) is 0 Å². The Labute approximate surface area is 94.2 Å². The van der Waals surface area contributed by atoms with Crippen molar-refractivity contribution in [2.45, 2.75) is 19.4 Å². The average molecular weight is 220 g/mol. The van der Waals surface area contributed by atoms with Crippen LogP contribution in [0.25, 0.3) is 5.65 Å². The maximum atomic E-state index is 5.57. The predicted molar refractivity (Wildman–Crippen MR) is 61.1 cm³/mol. The standard InChI is InChI=1S/C11H16N4O/c1-16-6-2-3-10-13-14-11-7-9(8-12)4-5-15(10)11/h4-5,7H,2-3,6,8,12H2,1H3. The number of hydrogen-bond acceptors (Lipinski definition) is 4. The Hall–Kier alpha value is -1.46. The molecule has 2 N–H and O–H groups in total. The molecule has 16 heavy (non-hydrogen) atoms. The number of nitrogens with zero attached hydrogens (tertiary/aromatic N) is 3. The van der Waals surface area contributed by atoms with Crippen LogP contribution in [0.1, 0.15) is 17.8 Å². The fourth-order valence-electron chi connectivity index (χ4n) is 1.65. The van der Waals surface area contributed by atoms with Crippen LogP contribution < -0.4 is 5.73 Å². The van der Waals surface area contributed by atoms with Crippen LogP contribution in [0.3, 0.4) is 0 Å². The molecular weight excluding hydrogens is 204 g/mol. The minimum Gasteiger partial charge on any atom is -0.385 e. The number of nitrogens with two attached hydrogens (primary N) is 1. The molecule has 2 aromatic heterocycles. The van der Waals surface area contributed by atoms with Gasteiger partial charge >= 0.3 is 0 Å². The first kappa shape index (κ1) is 11.0. The first-order chi connectivity index (χ1) is 7.85. The molecule has 0 aliphatic heterocycles. The second-order valence-corrected chi connectivity index (χ2v) is 3.68. The minimum absolute atomic E-state index is 0.530. The van der Waals surface area contributed by atoms with Crippen LogP contribution in [-0.2, 0) is 17.7 Å². The lowest BCUT2D eigenvalue weighted by atomic mass is 10.2. The smallest absolute Gasteiger partial charge is 0.161 e. The predicted octanol–water partition coefficient (Wildman–Crippen LogP) is 0.767. The Balaban J connectivity index is 2.20. The molecule has 0 bridgehead atoms. The van der Waals surface area contributed by atoms with Gasteiger partial charge in [-0.25, -0.2) is 0 Å². The molecule has 0 aliphatic carbocycles. The van der Waals surface area contributed by atoms with Gasteiger partial charge in [-0.1, -0.05) is 0 Å². The molecule has 0 saturated heterocycles. The van der Waals surface area contributed by atoms with Crippen molar-refractivity contribution in [2.24, 2.45) is 5.73 Å². The lowest BCUT2D eigenvalue weighted by molar-refractivity contribution is 0.194. The van der Waals surface area contributed by atoms with E-state index < -0.39 is 0 Å². The largest absolute Gasteiger partial charge is 0.385 e. The zero-order valence-corrected chi connectivity index (χ0v) is 9.39. The number of rotatable bonds is 5. The zero-order chi connectivity index (χ0) is 11.4. The second-order valence-electron chi connectivity index (χ2n) is 3.68. The highest BCUT2D eigenvalue weighted by atomic mass is 16.5. The van der Waals surface area contributed by atoms with E-state index in [2.05, 4.69) is 10.2 Å². The molecule has 0 aromatic carbocycles. The van der Waals surface area contributed by atoms with E-state index in [-0.39, 0.29) is 0 Å². The van der Waals surface area contributed by atoms with Crippen molar-refractivity contribution in [1.82, 2.24) is 14.6 Å². The van der Waals surface area contributed by atoms with Gasteiger partial charge in [0.1, 0.15) is 5.82 Å². The number of aryl methyl sites for hydroxylation is 1. The molecule has 0 unspecified atom stereocenters. The molecule has 0 radical (unpaired) electrons. The third kappa shape index (κ3) is 2.20. The summed E-state index contributed by atoms with van der Waals surface area (Å²) in [6, 6.07) is 3.96. The maximum Gasteiger partial charge on any atom is 0.161 e. The number of ether oxygens (including phenoxy) is 1. The summed E-state index contributed by atoms with van der Waals surface area (Å²) in [5.74, 6) is 0.968. The van der Waals surface area contributed by atoms with E-state index in [1.54, 1.807) is 7.11 Å². The van der Waals surface area contributed by atoms with Gasteiger partial charge < -0.3 is 10.5 Å². The average Bonchev–Trinajstić information content (AvgIpc) is 2.72.